The van der Waals surface area contributed by atoms with Crippen molar-refractivity contribution in [3.63, 3.8) is 0 Å². The number of halogens is 1. The molecule has 1 aromatic carbocycles. The summed E-state index contributed by atoms with van der Waals surface area (Å²) in [4.78, 5) is 0. The van der Waals surface area contributed by atoms with Gasteiger partial charge in [-0.05, 0) is 49.7 Å². The largest absolute Gasteiger partial charge is 0.507 e. The highest BCUT2D eigenvalue weighted by atomic mass is 79.9. The second kappa shape index (κ2) is 5.99. The summed E-state index contributed by atoms with van der Waals surface area (Å²) in [6.07, 6.45) is 4.62. The van der Waals surface area contributed by atoms with Crippen LogP contribution in [0.25, 0.3) is 11.5 Å². The molecule has 0 amide bonds. The van der Waals surface area contributed by atoms with Gasteiger partial charge in [0.2, 0.25) is 10.6 Å². The van der Waals surface area contributed by atoms with E-state index in [4.69, 9.17) is 12.2 Å². The maximum Gasteiger partial charge on any atom is 0.216 e. The summed E-state index contributed by atoms with van der Waals surface area (Å²) in [6, 6.07) is 5.13. The summed E-state index contributed by atoms with van der Waals surface area (Å²) in [5.41, 5.74) is 3.67. The molecule has 3 aromatic rings. The Kier molecular flexibility index (Phi) is 3.81. The van der Waals surface area contributed by atoms with Crippen molar-refractivity contribution in [3.8, 4) is 17.3 Å². The van der Waals surface area contributed by atoms with E-state index in [2.05, 4.69) is 41.4 Å². The first-order valence-electron chi connectivity index (χ1n) is 7.40. The van der Waals surface area contributed by atoms with E-state index in [-0.39, 0.29) is 5.75 Å². The van der Waals surface area contributed by atoms with E-state index in [1.54, 1.807) is 24.4 Å². The van der Waals surface area contributed by atoms with Gasteiger partial charge in [-0.1, -0.05) is 15.9 Å². The monoisotopic (exact) mass is 404 g/mol. The number of aryl methyl sites for hydroxylation is 1. The van der Waals surface area contributed by atoms with Crippen LogP contribution in [0.3, 0.4) is 0 Å². The summed E-state index contributed by atoms with van der Waals surface area (Å²) in [5.74, 6) is 0.698. The molecule has 0 saturated heterocycles. The van der Waals surface area contributed by atoms with Crippen LogP contribution in [0, 0.1) is 4.77 Å². The minimum atomic E-state index is 0.138. The lowest BCUT2D eigenvalue weighted by molar-refractivity contribution is 0.474. The summed E-state index contributed by atoms with van der Waals surface area (Å²) >= 11 is 8.65. The van der Waals surface area contributed by atoms with E-state index >= 15 is 0 Å². The average molecular weight is 405 g/mol. The van der Waals surface area contributed by atoms with Crippen molar-refractivity contribution >= 4 is 34.4 Å². The van der Waals surface area contributed by atoms with E-state index in [9.17, 15) is 5.11 Å². The topological polar surface area (TPSA) is 94.9 Å². The standard InChI is InChI=1S/C15H13BrN6OS/c16-9-4-5-12(23)8(6-9)7-17-22-14(20-21-15(22)24)13-10-2-1-3-11(10)18-19-13/h4-7,23H,1-3H2,(H,18,19)(H,21,24)/b17-7-. The third-order valence-electron chi connectivity index (χ3n) is 3.97. The number of aromatic hydroxyl groups is 1. The molecule has 0 spiro atoms. The number of nitrogens with zero attached hydrogens (tertiary/aromatic N) is 4. The molecule has 122 valence electrons. The number of phenols is 1. The van der Waals surface area contributed by atoms with Gasteiger partial charge >= 0.3 is 0 Å². The highest BCUT2D eigenvalue weighted by Crippen LogP contribution is 2.29. The molecule has 7 nitrogen and oxygen atoms in total. The fourth-order valence-corrected chi connectivity index (χ4v) is 3.36. The van der Waals surface area contributed by atoms with Crippen molar-refractivity contribution in [1.82, 2.24) is 25.1 Å². The lowest BCUT2D eigenvalue weighted by Crippen LogP contribution is -1.97. The first-order chi connectivity index (χ1) is 11.6. The first-order valence-corrected chi connectivity index (χ1v) is 8.60. The summed E-state index contributed by atoms with van der Waals surface area (Å²) in [6.45, 7) is 0. The molecule has 4 rings (SSSR count). The Morgan fingerprint density at radius 3 is 3.04 bits per heavy atom. The zero-order chi connectivity index (χ0) is 16.7. The highest BCUT2D eigenvalue weighted by molar-refractivity contribution is 9.10. The van der Waals surface area contributed by atoms with Gasteiger partial charge in [-0.15, -0.1) is 0 Å². The van der Waals surface area contributed by atoms with Gasteiger partial charge in [0.1, 0.15) is 11.4 Å². The number of hydrogen-bond acceptors (Lipinski definition) is 5. The number of aromatic nitrogens is 5. The summed E-state index contributed by atoms with van der Waals surface area (Å²) in [7, 11) is 0. The molecule has 0 radical (unpaired) electrons. The Bertz CT molecular complexity index is 1000. The van der Waals surface area contributed by atoms with Crippen molar-refractivity contribution in [1.29, 1.82) is 0 Å². The molecule has 2 heterocycles. The Morgan fingerprint density at radius 2 is 2.17 bits per heavy atom. The van der Waals surface area contributed by atoms with Crippen molar-refractivity contribution in [2.75, 3.05) is 0 Å². The minimum absolute atomic E-state index is 0.138. The minimum Gasteiger partial charge on any atom is -0.507 e. The SMILES string of the molecule is Oc1ccc(Br)cc1/C=N\n1c(-c2n[nH]c3c2CCC3)n[nH]c1=S. The Labute approximate surface area is 150 Å². The van der Waals surface area contributed by atoms with Gasteiger partial charge < -0.3 is 5.11 Å². The van der Waals surface area contributed by atoms with Crippen LogP contribution in [0.2, 0.25) is 0 Å². The number of nitrogens with one attached hydrogen (secondary N) is 2. The van der Waals surface area contributed by atoms with Crippen molar-refractivity contribution < 1.29 is 5.11 Å². The van der Waals surface area contributed by atoms with E-state index in [1.807, 2.05) is 0 Å². The smallest absolute Gasteiger partial charge is 0.216 e. The molecule has 9 heteroatoms. The molecule has 3 N–H and O–H groups in total. The first kappa shape index (κ1) is 15.3. The normalized spacial score (nSPS) is 13.7. The molecule has 0 atom stereocenters. The van der Waals surface area contributed by atoms with Gasteiger partial charge in [-0.3, -0.25) is 5.10 Å². The third-order valence-corrected chi connectivity index (χ3v) is 4.73. The van der Waals surface area contributed by atoms with Crippen LogP contribution in [0.1, 0.15) is 23.2 Å². The molecule has 0 bridgehead atoms. The maximum absolute atomic E-state index is 9.92. The van der Waals surface area contributed by atoms with Crippen molar-refractivity contribution in [3.05, 3.63) is 44.3 Å². The zero-order valence-electron chi connectivity index (χ0n) is 12.5. The number of benzene rings is 1. The predicted octanol–water partition coefficient (Wildman–Crippen LogP) is 3.17. The van der Waals surface area contributed by atoms with Crippen LogP contribution in [0.15, 0.2) is 27.8 Å². The van der Waals surface area contributed by atoms with Crippen molar-refractivity contribution in [2.45, 2.75) is 19.3 Å². The molecule has 1 aliphatic rings. The fraction of sp³-hybridized carbons (Fsp3) is 0.200. The van der Waals surface area contributed by atoms with Gasteiger partial charge in [0.15, 0.2) is 0 Å². The van der Waals surface area contributed by atoms with Crippen LogP contribution in [0.5, 0.6) is 5.75 Å². The molecule has 1 aliphatic carbocycles. The van der Waals surface area contributed by atoms with Gasteiger partial charge in [-0.2, -0.15) is 20.0 Å². The van der Waals surface area contributed by atoms with E-state index in [1.165, 1.54) is 10.2 Å². The quantitative estimate of drug-likeness (QED) is 0.461. The molecular weight excluding hydrogens is 392 g/mol. The van der Waals surface area contributed by atoms with Crippen LogP contribution < -0.4 is 0 Å². The number of fused-ring (bicyclic) bond motifs is 1. The predicted molar refractivity (Wildman–Crippen MR) is 95.8 cm³/mol. The van der Waals surface area contributed by atoms with Gasteiger partial charge in [0.05, 0.1) is 6.21 Å². The molecule has 0 aliphatic heterocycles. The Morgan fingerprint density at radius 1 is 1.29 bits per heavy atom. The molecule has 2 aromatic heterocycles. The molecular formula is C15H13BrN6OS. The molecule has 0 unspecified atom stereocenters. The van der Waals surface area contributed by atoms with E-state index in [0.717, 1.165) is 35.1 Å². The molecule has 0 saturated carbocycles. The Hall–Kier alpha value is -2.26. The number of aromatic amines is 2. The molecule has 0 fully saturated rings. The van der Waals surface area contributed by atoms with E-state index < -0.39 is 0 Å². The second-order valence-electron chi connectivity index (χ2n) is 5.49. The zero-order valence-corrected chi connectivity index (χ0v) is 14.9. The highest BCUT2D eigenvalue weighted by Gasteiger charge is 2.23. The number of H-pyrrole nitrogens is 2. The number of phenolic OH excluding ortho intramolecular Hbond substituents is 1. The van der Waals surface area contributed by atoms with Crippen LogP contribution in [0.4, 0.5) is 0 Å². The maximum atomic E-state index is 9.92. The summed E-state index contributed by atoms with van der Waals surface area (Å²) < 4.78 is 2.73. The lowest BCUT2D eigenvalue weighted by Gasteiger charge is -2.01. The van der Waals surface area contributed by atoms with Crippen LogP contribution in [-0.4, -0.2) is 36.4 Å². The van der Waals surface area contributed by atoms with Crippen molar-refractivity contribution in [2.24, 2.45) is 5.10 Å². The van der Waals surface area contributed by atoms with Gasteiger partial charge in [0, 0.05) is 21.3 Å². The lowest BCUT2D eigenvalue weighted by atomic mass is 10.2. The average Bonchev–Trinajstić information content (AvgIpc) is 3.24. The number of hydrogen-bond donors (Lipinski definition) is 3. The second-order valence-corrected chi connectivity index (χ2v) is 6.80. The van der Waals surface area contributed by atoms with Crippen LogP contribution in [-0.2, 0) is 12.8 Å². The van der Waals surface area contributed by atoms with Crippen LogP contribution >= 0.6 is 28.1 Å². The molecule has 24 heavy (non-hydrogen) atoms. The summed E-state index contributed by atoms with van der Waals surface area (Å²) in [5, 5.41) is 28.7. The number of rotatable bonds is 3. The fourth-order valence-electron chi connectivity index (χ4n) is 2.81. The van der Waals surface area contributed by atoms with Gasteiger partial charge in [-0.25, -0.2) is 5.10 Å². The third kappa shape index (κ3) is 2.59. The van der Waals surface area contributed by atoms with Gasteiger partial charge in [0.25, 0.3) is 0 Å². The van der Waals surface area contributed by atoms with E-state index in [0.29, 0.717) is 16.2 Å². The Balaban J connectivity index is 1.77.